The molecule has 0 radical (unpaired) electrons. The standard InChI is InChI=1S/C45H61N3O9/c1-4-23-47(42(51)22-19-31-13-6-7-14-31)41-30-39(46-54-3)37-27-32(15-8-10-24-49)36(18-9-11-25-50)43-38-29-35(56-34-17-12-16-33(28-34)48(52)53)20-21-40(38)57-45(41,44(37)43)55-26-5-2/h5,12,16-17,20-21,27-29,31-32,36,41,43-44,49-50H,2,4,6-11,13-15,18-19,22-26,30H2,1,3H3/t32-,36+,41-,43+,44+,45+/m0/s1. The van der Waals surface area contributed by atoms with Crippen molar-refractivity contribution in [1.29, 1.82) is 0 Å². The fourth-order valence-corrected chi connectivity index (χ4v) is 10.1. The van der Waals surface area contributed by atoms with Gasteiger partial charge >= 0.3 is 0 Å². The molecule has 1 aliphatic heterocycles. The van der Waals surface area contributed by atoms with E-state index in [1.807, 2.05) is 23.1 Å². The second kappa shape index (κ2) is 19.9. The van der Waals surface area contributed by atoms with Gasteiger partial charge in [-0.05, 0) is 86.1 Å². The van der Waals surface area contributed by atoms with Crippen LogP contribution in [0.3, 0.4) is 0 Å². The summed E-state index contributed by atoms with van der Waals surface area (Å²) in [4.78, 5) is 33.3. The number of unbranched alkanes of at least 4 members (excludes halogenated alkanes) is 2. The number of hydrogen-bond donors (Lipinski definition) is 2. The summed E-state index contributed by atoms with van der Waals surface area (Å²) in [5, 5.41) is 36.0. The van der Waals surface area contributed by atoms with Gasteiger partial charge in [-0.3, -0.25) is 14.9 Å². The van der Waals surface area contributed by atoms with Crippen molar-refractivity contribution in [3.63, 3.8) is 0 Å². The number of carbonyl (C=O) groups is 1. The SMILES string of the molecule is C=CCO[C@@]12Oc3ccc(Oc4cccc([N+](=O)[O-])c4)cc3[C@H]3[C@H](CCCCO)[C@@H](CCCCO)C=C(C(=NOC)C[C@@H]1N(CCC)C(=O)CCC1CCCC1)[C@H]32. The number of oxime groups is 1. The molecular formula is C45H61N3O9. The molecule has 0 spiro atoms. The Hall–Kier alpha value is -4.26. The molecule has 57 heavy (non-hydrogen) atoms. The van der Waals surface area contributed by atoms with Gasteiger partial charge in [0.15, 0.2) is 0 Å². The number of fused-ring (bicyclic) bond motifs is 2. The molecule has 2 fully saturated rings. The number of carbonyl (C=O) groups excluding carboxylic acids is 1. The summed E-state index contributed by atoms with van der Waals surface area (Å²) in [5.41, 5.74) is 2.58. The van der Waals surface area contributed by atoms with Gasteiger partial charge in [0, 0.05) is 50.1 Å². The molecule has 4 aliphatic rings. The highest BCUT2D eigenvalue weighted by atomic mass is 16.7. The number of ether oxygens (including phenoxy) is 3. The number of nitrogens with zero attached hydrogens (tertiary/aromatic N) is 3. The molecule has 2 N–H and O–H groups in total. The van der Waals surface area contributed by atoms with E-state index in [4.69, 9.17) is 19.0 Å². The van der Waals surface area contributed by atoms with Gasteiger partial charge in [0.25, 0.3) is 5.69 Å². The van der Waals surface area contributed by atoms with Crippen LogP contribution in [-0.4, -0.2) is 77.0 Å². The lowest BCUT2D eigenvalue weighted by Gasteiger charge is -2.60. The topological polar surface area (TPSA) is 153 Å². The van der Waals surface area contributed by atoms with E-state index in [2.05, 4.69) is 24.7 Å². The Morgan fingerprint density at radius 2 is 1.82 bits per heavy atom. The van der Waals surface area contributed by atoms with Gasteiger partial charge in [-0.1, -0.05) is 68.8 Å². The van der Waals surface area contributed by atoms with Crippen molar-refractivity contribution in [3.8, 4) is 17.2 Å². The van der Waals surface area contributed by atoms with Crippen LogP contribution in [0.2, 0.25) is 0 Å². The van der Waals surface area contributed by atoms with Crippen LogP contribution in [0.4, 0.5) is 5.69 Å². The molecule has 12 nitrogen and oxygen atoms in total. The molecule has 3 aliphatic carbocycles. The number of benzene rings is 2. The highest BCUT2D eigenvalue weighted by Gasteiger charge is 2.65. The van der Waals surface area contributed by atoms with E-state index in [-0.39, 0.29) is 49.2 Å². The quantitative estimate of drug-likeness (QED) is 0.0547. The van der Waals surface area contributed by atoms with Crippen molar-refractivity contribution in [3.05, 3.63) is 82.4 Å². The lowest BCUT2D eigenvalue weighted by atomic mass is 9.55. The number of allylic oxidation sites excluding steroid dienone is 1. The Balaban J connectivity index is 1.53. The first-order valence-electron chi connectivity index (χ1n) is 21.1. The smallest absolute Gasteiger partial charge is 0.273 e. The van der Waals surface area contributed by atoms with Crippen LogP contribution in [0, 0.1) is 33.8 Å². The van der Waals surface area contributed by atoms with Gasteiger partial charge in [0.2, 0.25) is 11.7 Å². The van der Waals surface area contributed by atoms with Crippen LogP contribution in [0.1, 0.15) is 108 Å². The number of aliphatic hydroxyl groups excluding tert-OH is 2. The Bertz CT molecular complexity index is 1760. The second-order valence-electron chi connectivity index (χ2n) is 16.1. The molecule has 0 unspecified atom stereocenters. The van der Waals surface area contributed by atoms with Crippen LogP contribution in [0.5, 0.6) is 17.2 Å². The third kappa shape index (κ3) is 9.39. The van der Waals surface area contributed by atoms with E-state index in [9.17, 15) is 25.1 Å². The maximum atomic E-state index is 14.6. The minimum atomic E-state index is -1.31. The third-order valence-electron chi connectivity index (χ3n) is 12.5. The number of aliphatic hydroxyl groups is 2. The van der Waals surface area contributed by atoms with Gasteiger partial charge in [0.1, 0.15) is 30.4 Å². The van der Waals surface area contributed by atoms with E-state index >= 15 is 0 Å². The minimum Gasteiger partial charge on any atom is -0.459 e. The van der Waals surface area contributed by atoms with E-state index in [1.54, 1.807) is 25.3 Å². The van der Waals surface area contributed by atoms with Crippen molar-refractivity contribution in [2.45, 2.75) is 115 Å². The lowest BCUT2D eigenvalue weighted by Crippen LogP contribution is -2.70. The number of hydrogen-bond acceptors (Lipinski definition) is 10. The molecule has 0 bridgehead atoms. The lowest BCUT2D eigenvalue weighted by molar-refractivity contribution is -0.384. The predicted molar refractivity (Wildman–Crippen MR) is 218 cm³/mol. The van der Waals surface area contributed by atoms with Gasteiger partial charge in [0.05, 0.1) is 29.2 Å². The summed E-state index contributed by atoms with van der Waals surface area (Å²) < 4.78 is 20.7. The molecule has 6 rings (SSSR count). The fourth-order valence-electron chi connectivity index (χ4n) is 10.1. The Kier molecular flexibility index (Phi) is 14.8. The summed E-state index contributed by atoms with van der Waals surface area (Å²) in [5.74, 6) is 0.353. The van der Waals surface area contributed by atoms with Crippen LogP contribution in [0.15, 0.2) is 71.9 Å². The molecule has 1 heterocycles. The van der Waals surface area contributed by atoms with Crippen LogP contribution >= 0.6 is 0 Å². The first kappa shape index (κ1) is 42.3. The summed E-state index contributed by atoms with van der Waals surface area (Å²) in [7, 11) is 1.55. The van der Waals surface area contributed by atoms with Crippen molar-refractivity contribution in [2.24, 2.45) is 28.8 Å². The molecule has 0 aromatic heterocycles. The molecule has 0 saturated heterocycles. The van der Waals surface area contributed by atoms with E-state index in [1.165, 1.54) is 37.8 Å². The van der Waals surface area contributed by atoms with Crippen molar-refractivity contribution in [2.75, 3.05) is 33.5 Å². The summed E-state index contributed by atoms with van der Waals surface area (Å²) in [6, 6.07) is 11.3. The molecule has 2 aromatic carbocycles. The highest BCUT2D eigenvalue weighted by molar-refractivity contribution is 6.03. The molecule has 2 aromatic rings. The van der Waals surface area contributed by atoms with E-state index < -0.39 is 22.7 Å². The normalized spacial score (nSPS) is 25.9. The van der Waals surface area contributed by atoms with Crippen LogP contribution < -0.4 is 9.47 Å². The average Bonchev–Trinajstić information content (AvgIpc) is 3.74. The zero-order valence-electron chi connectivity index (χ0n) is 33.7. The summed E-state index contributed by atoms with van der Waals surface area (Å²) in [6.45, 7) is 7.03. The Labute approximate surface area is 337 Å². The van der Waals surface area contributed by atoms with E-state index in [0.29, 0.717) is 55.4 Å². The highest BCUT2D eigenvalue weighted by Crippen LogP contribution is 2.62. The zero-order chi connectivity index (χ0) is 40.4. The fraction of sp³-hybridized carbons (Fsp3) is 0.600. The molecule has 1 amide bonds. The van der Waals surface area contributed by atoms with Crippen LogP contribution in [0.25, 0.3) is 0 Å². The van der Waals surface area contributed by atoms with Crippen molar-refractivity contribution < 1.29 is 39.0 Å². The molecule has 12 heteroatoms. The average molecular weight is 788 g/mol. The van der Waals surface area contributed by atoms with Gasteiger partial charge in [-0.15, -0.1) is 6.58 Å². The van der Waals surface area contributed by atoms with E-state index in [0.717, 1.165) is 55.4 Å². The number of amides is 1. The van der Waals surface area contributed by atoms with Crippen molar-refractivity contribution >= 4 is 17.3 Å². The summed E-state index contributed by atoms with van der Waals surface area (Å²) in [6.07, 6.45) is 15.9. The van der Waals surface area contributed by atoms with Gasteiger partial charge < -0.3 is 34.2 Å². The third-order valence-corrected chi connectivity index (χ3v) is 12.5. The zero-order valence-corrected chi connectivity index (χ0v) is 33.7. The molecular weight excluding hydrogens is 727 g/mol. The van der Waals surface area contributed by atoms with Crippen LogP contribution in [-0.2, 0) is 14.4 Å². The van der Waals surface area contributed by atoms with Crippen molar-refractivity contribution in [1.82, 2.24) is 4.90 Å². The minimum absolute atomic E-state index is 0.0617. The number of rotatable bonds is 21. The first-order valence-corrected chi connectivity index (χ1v) is 21.1. The Morgan fingerprint density at radius 1 is 1.07 bits per heavy atom. The monoisotopic (exact) mass is 787 g/mol. The summed E-state index contributed by atoms with van der Waals surface area (Å²) >= 11 is 0. The molecule has 6 atom stereocenters. The largest absolute Gasteiger partial charge is 0.459 e. The van der Waals surface area contributed by atoms with Gasteiger partial charge in [-0.25, -0.2) is 0 Å². The van der Waals surface area contributed by atoms with Gasteiger partial charge in [-0.2, -0.15) is 0 Å². The Morgan fingerprint density at radius 3 is 2.53 bits per heavy atom. The number of nitro groups is 1. The molecule has 2 saturated carbocycles. The number of non-ortho nitro benzene ring substituents is 1. The predicted octanol–water partition coefficient (Wildman–Crippen LogP) is 8.86. The first-order chi connectivity index (χ1) is 27.8. The second-order valence-corrected chi connectivity index (χ2v) is 16.1. The maximum absolute atomic E-state index is 14.6. The molecule has 310 valence electrons. The maximum Gasteiger partial charge on any atom is 0.273 e. The number of nitro benzene ring substituents is 1.